The van der Waals surface area contributed by atoms with Crippen molar-refractivity contribution in [3.8, 4) is 11.5 Å². The zero-order chi connectivity index (χ0) is 21.5. The van der Waals surface area contributed by atoms with E-state index < -0.39 is 17.7 Å². The second-order valence-corrected chi connectivity index (χ2v) is 6.50. The van der Waals surface area contributed by atoms with Crippen LogP contribution in [0.4, 0.5) is 4.39 Å². The van der Waals surface area contributed by atoms with Crippen molar-refractivity contribution in [1.29, 1.82) is 0 Å². The lowest BCUT2D eigenvalue weighted by molar-refractivity contribution is -0.136. The summed E-state index contributed by atoms with van der Waals surface area (Å²) in [6.07, 6.45) is 1.46. The summed E-state index contributed by atoms with van der Waals surface area (Å²) in [7, 11) is 1.22. The summed E-state index contributed by atoms with van der Waals surface area (Å²) in [5.41, 5.74) is 0.964. The number of amides is 1. The molecule has 0 saturated heterocycles. The van der Waals surface area contributed by atoms with E-state index in [-0.39, 0.29) is 16.5 Å². The van der Waals surface area contributed by atoms with Gasteiger partial charge in [-0.15, -0.1) is 0 Å². The molecule has 3 rings (SSSR count). The first-order chi connectivity index (χ1) is 14.5. The highest BCUT2D eigenvalue weighted by atomic mass is 35.5. The number of nitrogens with one attached hydrogen (secondary N) is 1. The van der Waals surface area contributed by atoms with Crippen molar-refractivity contribution in [1.82, 2.24) is 5.32 Å². The summed E-state index contributed by atoms with van der Waals surface area (Å²) in [5.74, 6) is -1.44. The molecule has 0 radical (unpaired) electrons. The van der Waals surface area contributed by atoms with Crippen molar-refractivity contribution in [2.75, 3.05) is 7.11 Å². The Hall–Kier alpha value is -3.64. The van der Waals surface area contributed by atoms with E-state index >= 15 is 0 Å². The number of rotatable bonds is 6. The minimum absolute atomic E-state index is 0.0304. The first-order valence-electron chi connectivity index (χ1n) is 8.86. The van der Waals surface area contributed by atoms with Crippen molar-refractivity contribution in [2.45, 2.75) is 0 Å². The second-order valence-electron chi connectivity index (χ2n) is 6.09. The maximum absolute atomic E-state index is 13.9. The van der Waals surface area contributed by atoms with E-state index in [1.165, 1.54) is 31.4 Å². The van der Waals surface area contributed by atoms with Crippen LogP contribution >= 0.6 is 11.6 Å². The minimum atomic E-state index is -0.697. The molecule has 0 aliphatic heterocycles. The molecule has 0 spiro atoms. The van der Waals surface area contributed by atoms with Crippen molar-refractivity contribution in [2.24, 2.45) is 0 Å². The maximum atomic E-state index is 13.9. The minimum Gasteiger partial charge on any atom is -0.464 e. The zero-order valence-corrected chi connectivity index (χ0v) is 16.7. The largest absolute Gasteiger partial charge is 0.464 e. The Bertz CT molecular complexity index is 1060. The number of para-hydroxylation sites is 1. The monoisotopic (exact) mass is 425 g/mol. The number of methoxy groups -OCH3 is 1. The van der Waals surface area contributed by atoms with Crippen LogP contribution in [0.2, 0.25) is 5.02 Å². The molecule has 0 aromatic heterocycles. The summed E-state index contributed by atoms with van der Waals surface area (Å²) < 4.78 is 24.1. The van der Waals surface area contributed by atoms with Gasteiger partial charge in [0.05, 0.1) is 12.1 Å². The van der Waals surface area contributed by atoms with E-state index in [0.717, 1.165) is 0 Å². The van der Waals surface area contributed by atoms with Gasteiger partial charge in [0, 0.05) is 5.56 Å². The average Bonchev–Trinajstić information content (AvgIpc) is 2.77. The number of ether oxygens (including phenoxy) is 2. The van der Waals surface area contributed by atoms with Gasteiger partial charge in [0.25, 0.3) is 5.91 Å². The third-order valence-electron chi connectivity index (χ3n) is 4.02. The van der Waals surface area contributed by atoms with Crippen LogP contribution in [0.3, 0.4) is 0 Å². The lowest BCUT2D eigenvalue weighted by atomic mass is 10.1. The lowest BCUT2D eigenvalue weighted by Crippen LogP contribution is -2.28. The summed E-state index contributed by atoms with van der Waals surface area (Å²) in [6.45, 7) is 0. The number of carbonyl (C=O) groups excluding carboxylic acids is 2. The number of hydrogen-bond donors (Lipinski definition) is 1. The summed E-state index contributed by atoms with van der Waals surface area (Å²) in [6, 6.07) is 19.2. The van der Waals surface area contributed by atoms with Gasteiger partial charge in [-0.3, -0.25) is 4.79 Å². The number of benzene rings is 3. The Morgan fingerprint density at radius 2 is 1.67 bits per heavy atom. The van der Waals surface area contributed by atoms with Gasteiger partial charge < -0.3 is 14.8 Å². The van der Waals surface area contributed by atoms with Gasteiger partial charge in [-0.1, -0.05) is 48.0 Å². The van der Waals surface area contributed by atoms with Crippen LogP contribution in [0.15, 0.2) is 78.5 Å². The van der Waals surface area contributed by atoms with Gasteiger partial charge in [0.15, 0.2) is 11.6 Å². The highest BCUT2D eigenvalue weighted by molar-refractivity contribution is 6.32. The molecule has 5 nitrogen and oxygen atoms in total. The van der Waals surface area contributed by atoms with Crippen molar-refractivity contribution < 1.29 is 23.5 Å². The predicted molar refractivity (Wildman–Crippen MR) is 112 cm³/mol. The molecule has 0 saturated carbocycles. The molecule has 152 valence electrons. The standard InChI is InChI=1S/C23H17ClFNO4/c1-29-23(28)20(26-22(27)16-6-3-2-4-7-16)14-15-10-12-17(13-11-15)30-21-18(24)8-5-9-19(21)25/h2-14H,1H3,(H,26,27)/b20-14-. The molecular formula is C23H17ClFNO4. The molecule has 3 aromatic rings. The van der Waals surface area contributed by atoms with Crippen molar-refractivity contribution in [3.05, 3.63) is 100 Å². The van der Waals surface area contributed by atoms with E-state index in [9.17, 15) is 14.0 Å². The summed E-state index contributed by atoms with van der Waals surface area (Å²) >= 11 is 5.96. The normalized spacial score (nSPS) is 11.0. The van der Waals surface area contributed by atoms with Gasteiger partial charge in [0.2, 0.25) is 0 Å². The van der Waals surface area contributed by atoms with Crippen molar-refractivity contribution >= 4 is 29.6 Å². The molecule has 0 heterocycles. The molecule has 1 N–H and O–H groups in total. The van der Waals surface area contributed by atoms with E-state index in [1.54, 1.807) is 54.6 Å². The smallest absolute Gasteiger partial charge is 0.354 e. The molecule has 0 fully saturated rings. The van der Waals surface area contributed by atoms with Crippen molar-refractivity contribution in [3.63, 3.8) is 0 Å². The molecule has 0 aliphatic carbocycles. The van der Waals surface area contributed by atoms with Crippen LogP contribution in [0.5, 0.6) is 11.5 Å². The van der Waals surface area contributed by atoms with Crippen LogP contribution in [0.1, 0.15) is 15.9 Å². The third-order valence-corrected chi connectivity index (χ3v) is 4.32. The van der Waals surface area contributed by atoms with Gasteiger partial charge in [-0.25, -0.2) is 9.18 Å². The van der Waals surface area contributed by atoms with E-state index in [0.29, 0.717) is 16.9 Å². The Morgan fingerprint density at radius 3 is 2.30 bits per heavy atom. The molecule has 3 aromatic carbocycles. The number of hydrogen-bond acceptors (Lipinski definition) is 4. The fourth-order valence-electron chi connectivity index (χ4n) is 2.54. The van der Waals surface area contributed by atoms with Crippen LogP contribution in [-0.4, -0.2) is 19.0 Å². The van der Waals surface area contributed by atoms with E-state index in [2.05, 4.69) is 5.32 Å². The van der Waals surface area contributed by atoms with Gasteiger partial charge in [-0.2, -0.15) is 0 Å². The first-order valence-corrected chi connectivity index (χ1v) is 9.24. The SMILES string of the molecule is COC(=O)/C(=C/c1ccc(Oc2c(F)cccc2Cl)cc1)NC(=O)c1ccccc1. The predicted octanol–water partition coefficient (Wildman–Crippen LogP) is 5.22. The maximum Gasteiger partial charge on any atom is 0.354 e. The molecule has 0 unspecified atom stereocenters. The molecule has 0 atom stereocenters. The fourth-order valence-corrected chi connectivity index (χ4v) is 2.74. The summed E-state index contributed by atoms with van der Waals surface area (Å²) in [5, 5.41) is 2.70. The van der Waals surface area contributed by atoms with Gasteiger partial charge in [-0.05, 0) is 48.0 Å². The molecule has 1 amide bonds. The van der Waals surface area contributed by atoms with Crippen LogP contribution in [0.25, 0.3) is 6.08 Å². The highest BCUT2D eigenvalue weighted by Crippen LogP contribution is 2.32. The lowest BCUT2D eigenvalue weighted by Gasteiger charge is -2.10. The fraction of sp³-hybridized carbons (Fsp3) is 0.0435. The quantitative estimate of drug-likeness (QED) is 0.434. The third kappa shape index (κ3) is 5.24. The first kappa shape index (κ1) is 21.1. The van der Waals surface area contributed by atoms with E-state index in [4.69, 9.17) is 21.1 Å². The molecule has 7 heteroatoms. The van der Waals surface area contributed by atoms with Gasteiger partial charge in [0.1, 0.15) is 11.4 Å². The van der Waals surface area contributed by atoms with Crippen LogP contribution in [-0.2, 0) is 9.53 Å². The Balaban J connectivity index is 1.80. The van der Waals surface area contributed by atoms with Crippen LogP contribution in [0, 0.1) is 5.82 Å². The summed E-state index contributed by atoms with van der Waals surface area (Å²) in [4.78, 5) is 24.4. The average molecular weight is 426 g/mol. The Labute approximate surface area is 177 Å². The van der Waals surface area contributed by atoms with Crippen LogP contribution < -0.4 is 10.1 Å². The topological polar surface area (TPSA) is 64.6 Å². The molecule has 30 heavy (non-hydrogen) atoms. The molecule has 0 aliphatic rings. The van der Waals surface area contributed by atoms with E-state index in [1.807, 2.05) is 0 Å². The second kappa shape index (κ2) is 9.71. The highest BCUT2D eigenvalue weighted by Gasteiger charge is 2.15. The number of halogens is 2. The molecule has 0 bridgehead atoms. The number of carbonyl (C=O) groups is 2. The van der Waals surface area contributed by atoms with Gasteiger partial charge >= 0.3 is 5.97 Å². The zero-order valence-electron chi connectivity index (χ0n) is 15.9. The Morgan fingerprint density at radius 1 is 0.967 bits per heavy atom. The molecular weight excluding hydrogens is 409 g/mol. The number of esters is 1. The Kier molecular flexibility index (Phi) is 6.83.